The minimum absolute atomic E-state index is 0.288. The van der Waals surface area contributed by atoms with Crippen molar-refractivity contribution in [2.45, 2.75) is 18.2 Å². The smallest absolute Gasteiger partial charge is 0.261 e. The van der Waals surface area contributed by atoms with Crippen LogP contribution in [0.5, 0.6) is 5.75 Å². The topological polar surface area (TPSA) is 138 Å². The van der Waals surface area contributed by atoms with Crippen molar-refractivity contribution in [2.24, 2.45) is 5.73 Å². The molecule has 1 heterocycles. The maximum atomic E-state index is 12.6. The predicted molar refractivity (Wildman–Crippen MR) is 97.9 cm³/mol. The number of carbonyl (C=O) groups is 1. The van der Waals surface area contributed by atoms with Crippen LogP contribution in [0.15, 0.2) is 35.2 Å². The van der Waals surface area contributed by atoms with Crippen molar-refractivity contribution in [1.29, 1.82) is 0 Å². The fourth-order valence-electron chi connectivity index (χ4n) is 2.42. The summed E-state index contributed by atoms with van der Waals surface area (Å²) in [5, 5.41) is 9.44. The Labute approximate surface area is 154 Å². The Morgan fingerprint density at radius 1 is 1.35 bits per heavy atom. The molecule has 0 aliphatic heterocycles. The second kappa shape index (κ2) is 6.50. The van der Waals surface area contributed by atoms with Crippen LogP contribution in [0.2, 0.25) is 5.02 Å². The Morgan fingerprint density at radius 3 is 2.73 bits per heavy atom. The van der Waals surface area contributed by atoms with Crippen LogP contribution in [0, 0.1) is 0 Å². The maximum Gasteiger partial charge on any atom is 0.261 e. The second-order valence-electron chi connectivity index (χ2n) is 5.54. The number of fused-ring (bicyclic) bond motifs is 1. The Hall–Kier alpha value is -2.78. The van der Waals surface area contributed by atoms with E-state index >= 15 is 0 Å². The third-order valence-corrected chi connectivity index (χ3v) is 5.38. The van der Waals surface area contributed by atoms with E-state index in [4.69, 9.17) is 17.3 Å². The number of primary amides is 1. The molecular formula is C16H15ClN4O4S. The molecule has 10 heteroatoms. The molecule has 0 spiro atoms. The van der Waals surface area contributed by atoms with Crippen LogP contribution in [-0.2, 0) is 16.4 Å². The number of sulfonamides is 1. The van der Waals surface area contributed by atoms with Gasteiger partial charge in [0.2, 0.25) is 0 Å². The highest BCUT2D eigenvalue weighted by Gasteiger charge is 2.21. The molecule has 136 valence electrons. The molecule has 0 atom stereocenters. The lowest BCUT2D eigenvalue weighted by atomic mass is 10.2. The summed E-state index contributed by atoms with van der Waals surface area (Å²) in [6.45, 7) is 1.95. The number of imidazole rings is 1. The van der Waals surface area contributed by atoms with Crippen LogP contribution in [0.3, 0.4) is 0 Å². The van der Waals surface area contributed by atoms with Crippen molar-refractivity contribution in [3.05, 3.63) is 46.7 Å². The zero-order valence-corrected chi connectivity index (χ0v) is 15.1. The van der Waals surface area contributed by atoms with E-state index in [1.54, 1.807) is 18.2 Å². The largest absolute Gasteiger partial charge is 0.506 e. The lowest BCUT2D eigenvalue weighted by Gasteiger charge is -2.11. The summed E-state index contributed by atoms with van der Waals surface area (Å²) in [7, 11) is -4.07. The van der Waals surface area contributed by atoms with Gasteiger partial charge in [-0.3, -0.25) is 9.52 Å². The minimum Gasteiger partial charge on any atom is -0.506 e. The number of benzene rings is 2. The van der Waals surface area contributed by atoms with Crippen molar-refractivity contribution in [2.75, 3.05) is 4.72 Å². The number of nitrogens with zero attached hydrogens (tertiary/aromatic N) is 1. The van der Waals surface area contributed by atoms with E-state index in [9.17, 15) is 18.3 Å². The molecule has 0 saturated carbocycles. The molecule has 26 heavy (non-hydrogen) atoms. The van der Waals surface area contributed by atoms with Crippen molar-refractivity contribution in [3.8, 4) is 5.75 Å². The predicted octanol–water partition coefficient (Wildman–Crippen LogP) is 2.38. The average Bonchev–Trinajstić information content (AvgIpc) is 2.98. The number of aromatic amines is 1. The first kappa shape index (κ1) is 18.0. The number of nitrogens with two attached hydrogens (primary N) is 1. The summed E-state index contributed by atoms with van der Waals surface area (Å²) in [4.78, 5) is 18.5. The molecule has 0 saturated heterocycles. The first-order valence-electron chi connectivity index (χ1n) is 7.55. The van der Waals surface area contributed by atoms with Crippen molar-refractivity contribution >= 4 is 44.3 Å². The standard InChI is InChI=1S/C16H15ClN4O4S/c1-2-14-19-12-4-3-8(5-13(12)20-14)21-26(24,25)9-6-10(16(18)23)15(22)11(17)7-9/h3-7,21-22H,2H2,1H3,(H2,18,23)(H,19,20). The molecule has 0 radical (unpaired) electrons. The van der Waals surface area contributed by atoms with E-state index in [1.807, 2.05) is 6.92 Å². The molecule has 0 fully saturated rings. The van der Waals surface area contributed by atoms with Gasteiger partial charge in [0.05, 0.1) is 32.2 Å². The second-order valence-corrected chi connectivity index (χ2v) is 7.63. The number of anilines is 1. The van der Waals surface area contributed by atoms with Gasteiger partial charge in [-0.1, -0.05) is 18.5 Å². The lowest BCUT2D eigenvalue weighted by Crippen LogP contribution is -2.16. The number of aryl methyl sites for hydroxylation is 1. The van der Waals surface area contributed by atoms with E-state index in [-0.39, 0.29) is 21.2 Å². The third kappa shape index (κ3) is 3.31. The zero-order chi connectivity index (χ0) is 19.1. The Balaban J connectivity index is 2.00. The highest BCUT2D eigenvalue weighted by atomic mass is 35.5. The van der Waals surface area contributed by atoms with Crippen molar-refractivity contribution in [1.82, 2.24) is 9.97 Å². The lowest BCUT2D eigenvalue weighted by molar-refractivity contribution is 0.0997. The number of halogens is 1. The third-order valence-electron chi connectivity index (χ3n) is 3.73. The van der Waals surface area contributed by atoms with Gasteiger partial charge in [0.25, 0.3) is 15.9 Å². The first-order chi connectivity index (χ1) is 12.2. The number of aromatic hydroxyl groups is 1. The zero-order valence-electron chi connectivity index (χ0n) is 13.6. The number of hydrogen-bond donors (Lipinski definition) is 4. The van der Waals surface area contributed by atoms with Gasteiger partial charge in [0.15, 0.2) is 0 Å². The van der Waals surface area contributed by atoms with Gasteiger partial charge in [0.1, 0.15) is 11.6 Å². The van der Waals surface area contributed by atoms with E-state index in [0.29, 0.717) is 5.52 Å². The van der Waals surface area contributed by atoms with Gasteiger partial charge >= 0.3 is 0 Å². The molecule has 1 amide bonds. The van der Waals surface area contributed by atoms with Gasteiger partial charge < -0.3 is 15.8 Å². The van der Waals surface area contributed by atoms with Gasteiger partial charge in [-0.25, -0.2) is 13.4 Å². The number of rotatable bonds is 5. The normalized spacial score (nSPS) is 11.6. The van der Waals surface area contributed by atoms with Crippen LogP contribution in [0.4, 0.5) is 5.69 Å². The molecule has 1 aromatic heterocycles. The fraction of sp³-hybridized carbons (Fsp3) is 0.125. The summed E-state index contributed by atoms with van der Waals surface area (Å²) >= 11 is 5.80. The van der Waals surface area contributed by atoms with E-state index in [1.165, 1.54) is 0 Å². The van der Waals surface area contributed by atoms with Gasteiger partial charge in [-0.2, -0.15) is 0 Å². The number of H-pyrrole nitrogens is 1. The Bertz CT molecular complexity index is 1120. The minimum atomic E-state index is -4.07. The molecule has 0 unspecified atom stereocenters. The first-order valence-corrected chi connectivity index (χ1v) is 9.41. The molecule has 0 bridgehead atoms. The van der Waals surface area contributed by atoms with Gasteiger partial charge in [-0.05, 0) is 30.3 Å². The Kier molecular flexibility index (Phi) is 4.51. The average molecular weight is 395 g/mol. The summed E-state index contributed by atoms with van der Waals surface area (Å²) in [6, 6.07) is 6.87. The van der Waals surface area contributed by atoms with Gasteiger partial charge in [0, 0.05) is 6.42 Å². The number of hydrogen-bond acceptors (Lipinski definition) is 5. The Morgan fingerprint density at radius 2 is 2.08 bits per heavy atom. The van der Waals surface area contributed by atoms with Crippen LogP contribution in [0.25, 0.3) is 11.0 Å². The van der Waals surface area contributed by atoms with E-state index in [0.717, 1.165) is 29.9 Å². The highest BCUT2D eigenvalue weighted by Crippen LogP contribution is 2.31. The summed E-state index contributed by atoms with van der Waals surface area (Å²) in [5.74, 6) is -0.772. The van der Waals surface area contributed by atoms with E-state index in [2.05, 4.69) is 14.7 Å². The van der Waals surface area contributed by atoms with Crippen LogP contribution in [0.1, 0.15) is 23.1 Å². The number of nitrogens with one attached hydrogen (secondary N) is 2. The number of carbonyl (C=O) groups excluding carboxylic acids is 1. The fourth-order valence-corrected chi connectivity index (χ4v) is 3.81. The van der Waals surface area contributed by atoms with Crippen LogP contribution >= 0.6 is 11.6 Å². The van der Waals surface area contributed by atoms with Crippen LogP contribution in [-0.4, -0.2) is 29.4 Å². The molecule has 2 aromatic carbocycles. The highest BCUT2D eigenvalue weighted by molar-refractivity contribution is 7.92. The molecule has 3 aromatic rings. The van der Waals surface area contributed by atoms with Crippen molar-refractivity contribution in [3.63, 3.8) is 0 Å². The van der Waals surface area contributed by atoms with Crippen LogP contribution < -0.4 is 10.5 Å². The molecular weight excluding hydrogens is 380 g/mol. The number of amides is 1. The van der Waals surface area contributed by atoms with Crippen molar-refractivity contribution < 1.29 is 18.3 Å². The quantitative estimate of drug-likeness (QED) is 0.526. The maximum absolute atomic E-state index is 12.6. The summed E-state index contributed by atoms with van der Waals surface area (Å²) in [6.07, 6.45) is 0.720. The molecule has 3 rings (SSSR count). The SMILES string of the molecule is CCc1nc2cc(NS(=O)(=O)c3cc(Cl)c(O)c(C(N)=O)c3)ccc2[nH]1. The summed E-state index contributed by atoms with van der Waals surface area (Å²) < 4.78 is 27.6. The summed E-state index contributed by atoms with van der Waals surface area (Å²) in [5.41, 5.74) is 6.45. The number of aromatic nitrogens is 2. The number of phenols is 1. The monoisotopic (exact) mass is 394 g/mol. The molecule has 5 N–H and O–H groups in total. The molecule has 0 aliphatic rings. The molecule has 0 aliphatic carbocycles. The molecule has 8 nitrogen and oxygen atoms in total. The van der Waals surface area contributed by atoms with Gasteiger partial charge in [-0.15, -0.1) is 0 Å². The van der Waals surface area contributed by atoms with E-state index < -0.39 is 21.7 Å².